The maximum Gasteiger partial charge on any atom is 0.329 e. The zero-order chi connectivity index (χ0) is 23.1. The van der Waals surface area contributed by atoms with Crippen LogP contribution in [0.2, 0.25) is 5.02 Å². The summed E-state index contributed by atoms with van der Waals surface area (Å²) in [5.41, 5.74) is 2.12. The SMILES string of the molecule is O=c1n(Cc2nc(OCC3CCOC3)c3ccc(Cl)cc3n2)c2cnccc2n1C1CCOC1. The molecule has 6 rings (SSSR count). The van der Waals surface area contributed by atoms with Gasteiger partial charge in [0.2, 0.25) is 5.88 Å². The average Bonchev–Trinajstić information content (AvgIpc) is 3.59. The Labute approximate surface area is 200 Å². The number of fused-ring (bicyclic) bond motifs is 2. The van der Waals surface area contributed by atoms with E-state index in [-0.39, 0.29) is 18.3 Å². The van der Waals surface area contributed by atoms with Crippen LogP contribution in [0, 0.1) is 5.92 Å². The van der Waals surface area contributed by atoms with Crippen LogP contribution in [-0.2, 0) is 16.0 Å². The number of benzene rings is 1. The fourth-order valence-corrected chi connectivity index (χ4v) is 4.88. The molecular weight excluding hydrogens is 458 g/mol. The number of aromatic nitrogens is 5. The minimum Gasteiger partial charge on any atom is -0.477 e. The molecule has 0 N–H and O–H groups in total. The standard InChI is InChI=1S/C24H24ClN5O4/c25-16-1-2-18-19(9-16)27-22(28-23(18)34-13-15-4-7-32-12-15)11-29-21-10-26-6-3-20(21)30(24(29)31)17-5-8-33-14-17/h1-3,6,9-10,15,17H,4-5,7-8,11-14H2. The number of hydrogen-bond donors (Lipinski definition) is 0. The van der Waals surface area contributed by atoms with Crippen molar-refractivity contribution < 1.29 is 14.2 Å². The van der Waals surface area contributed by atoms with Gasteiger partial charge in [-0.05, 0) is 37.1 Å². The van der Waals surface area contributed by atoms with Gasteiger partial charge in [0, 0.05) is 30.4 Å². The van der Waals surface area contributed by atoms with Crippen LogP contribution in [0.15, 0.2) is 41.5 Å². The van der Waals surface area contributed by atoms with Gasteiger partial charge in [0.05, 0.1) is 60.5 Å². The first-order valence-electron chi connectivity index (χ1n) is 11.5. The second-order valence-corrected chi connectivity index (χ2v) is 9.20. The summed E-state index contributed by atoms with van der Waals surface area (Å²) in [6.45, 7) is 3.32. The normalized spacial score (nSPS) is 20.5. The Morgan fingerprint density at radius 3 is 2.79 bits per heavy atom. The quantitative estimate of drug-likeness (QED) is 0.417. The maximum absolute atomic E-state index is 13.5. The fraction of sp³-hybridized carbons (Fsp3) is 0.417. The van der Waals surface area contributed by atoms with Gasteiger partial charge in [-0.1, -0.05) is 11.6 Å². The molecule has 0 aliphatic carbocycles. The molecule has 2 fully saturated rings. The van der Waals surface area contributed by atoms with Crippen molar-refractivity contribution in [2.45, 2.75) is 25.4 Å². The minimum atomic E-state index is -0.126. The predicted molar refractivity (Wildman–Crippen MR) is 127 cm³/mol. The molecule has 0 saturated carbocycles. The molecule has 2 aliphatic heterocycles. The highest BCUT2D eigenvalue weighted by molar-refractivity contribution is 6.31. The van der Waals surface area contributed by atoms with Crippen molar-refractivity contribution in [2.24, 2.45) is 5.92 Å². The van der Waals surface area contributed by atoms with Crippen LogP contribution in [-0.4, -0.2) is 57.1 Å². The molecule has 2 unspecified atom stereocenters. The van der Waals surface area contributed by atoms with E-state index in [1.807, 2.05) is 12.1 Å². The van der Waals surface area contributed by atoms with Crippen LogP contribution in [0.3, 0.4) is 0 Å². The van der Waals surface area contributed by atoms with Gasteiger partial charge in [0.15, 0.2) is 5.82 Å². The summed E-state index contributed by atoms with van der Waals surface area (Å²) in [5.74, 6) is 1.30. The van der Waals surface area contributed by atoms with Crippen LogP contribution in [0.25, 0.3) is 21.9 Å². The smallest absolute Gasteiger partial charge is 0.329 e. The summed E-state index contributed by atoms with van der Waals surface area (Å²) >= 11 is 6.25. The summed E-state index contributed by atoms with van der Waals surface area (Å²) in [6.07, 6.45) is 5.17. The summed E-state index contributed by atoms with van der Waals surface area (Å²) < 4.78 is 20.6. The van der Waals surface area contributed by atoms with Gasteiger partial charge in [-0.25, -0.2) is 9.78 Å². The number of hydrogen-bond acceptors (Lipinski definition) is 7. The van der Waals surface area contributed by atoms with Crippen LogP contribution in [0.4, 0.5) is 0 Å². The van der Waals surface area contributed by atoms with Crippen molar-refractivity contribution in [3.8, 4) is 5.88 Å². The first-order valence-corrected chi connectivity index (χ1v) is 11.8. The highest BCUT2D eigenvalue weighted by Gasteiger charge is 2.25. The van der Waals surface area contributed by atoms with Crippen molar-refractivity contribution in [1.82, 2.24) is 24.1 Å². The van der Waals surface area contributed by atoms with Crippen molar-refractivity contribution in [1.29, 1.82) is 0 Å². The molecule has 4 aromatic rings. The fourth-order valence-electron chi connectivity index (χ4n) is 4.71. The van der Waals surface area contributed by atoms with E-state index >= 15 is 0 Å². The average molecular weight is 482 g/mol. The van der Waals surface area contributed by atoms with Gasteiger partial charge in [0.1, 0.15) is 0 Å². The van der Waals surface area contributed by atoms with E-state index in [0.717, 1.165) is 35.9 Å². The molecule has 176 valence electrons. The van der Waals surface area contributed by atoms with Crippen molar-refractivity contribution in [2.75, 3.05) is 33.0 Å². The topological polar surface area (TPSA) is 93.3 Å². The number of ether oxygens (including phenoxy) is 3. The summed E-state index contributed by atoms with van der Waals surface area (Å²) in [5, 5.41) is 1.36. The molecule has 2 aliphatic rings. The molecule has 34 heavy (non-hydrogen) atoms. The van der Waals surface area contributed by atoms with Gasteiger partial charge in [-0.2, -0.15) is 4.98 Å². The lowest BCUT2D eigenvalue weighted by molar-refractivity contribution is 0.166. The van der Waals surface area contributed by atoms with E-state index in [2.05, 4.69) is 4.98 Å². The lowest BCUT2D eigenvalue weighted by atomic mass is 10.1. The van der Waals surface area contributed by atoms with E-state index in [4.69, 9.17) is 35.8 Å². The zero-order valence-corrected chi connectivity index (χ0v) is 19.3. The first kappa shape index (κ1) is 21.5. The third-order valence-electron chi connectivity index (χ3n) is 6.49. The third kappa shape index (κ3) is 3.93. The first-order chi connectivity index (χ1) is 16.7. The highest BCUT2D eigenvalue weighted by atomic mass is 35.5. The molecule has 0 spiro atoms. The van der Waals surface area contributed by atoms with Crippen LogP contribution < -0.4 is 10.4 Å². The van der Waals surface area contributed by atoms with Crippen molar-refractivity contribution in [3.05, 3.63) is 58.0 Å². The molecule has 0 amide bonds. The molecule has 5 heterocycles. The lowest BCUT2D eigenvalue weighted by Gasteiger charge is -2.13. The largest absolute Gasteiger partial charge is 0.477 e. The lowest BCUT2D eigenvalue weighted by Crippen LogP contribution is -2.28. The van der Waals surface area contributed by atoms with Crippen LogP contribution in [0.5, 0.6) is 5.88 Å². The molecular formula is C24H24ClN5O4. The van der Waals surface area contributed by atoms with E-state index in [1.165, 1.54) is 0 Å². The van der Waals surface area contributed by atoms with Crippen molar-refractivity contribution in [3.63, 3.8) is 0 Å². The number of rotatable bonds is 6. The Morgan fingerprint density at radius 2 is 1.97 bits per heavy atom. The van der Waals surface area contributed by atoms with Gasteiger partial charge >= 0.3 is 5.69 Å². The molecule has 3 aromatic heterocycles. The maximum atomic E-state index is 13.5. The monoisotopic (exact) mass is 481 g/mol. The van der Waals surface area contributed by atoms with Gasteiger partial charge in [-0.15, -0.1) is 0 Å². The molecule has 10 heteroatoms. The number of pyridine rings is 1. The number of halogens is 1. The van der Waals surface area contributed by atoms with Gasteiger partial charge in [-0.3, -0.25) is 14.1 Å². The van der Waals surface area contributed by atoms with Crippen molar-refractivity contribution >= 4 is 33.5 Å². The third-order valence-corrected chi connectivity index (χ3v) is 6.72. The molecule has 2 atom stereocenters. The predicted octanol–water partition coefficient (Wildman–Crippen LogP) is 3.22. The summed E-state index contributed by atoms with van der Waals surface area (Å²) in [6, 6.07) is 7.32. The van der Waals surface area contributed by atoms with E-state index in [0.29, 0.717) is 54.6 Å². The van der Waals surface area contributed by atoms with Crippen LogP contribution in [0.1, 0.15) is 24.7 Å². The summed E-state index contributed by atoms with van der Waals surface area (Å²) in [7, 11) is 0. The Morgan fingerprint density at radius 1 is 1.09 bits per heavy atom. The number of imidazole rings is 1. The minimum absolute atomic E-state index is 0.00232. The Bertz CT molecular complexity index is 1410. The van der Waals surface area contributed by atoms with Gasteiger partial charge < -0.3 is 14.2 Å². The van der Waals surface area contributed by atoms with Crippen LogP contribution >= 0.6 is 11.6 Å². The molecule has 0 bridgehead atoms. The second kappa shape index (κ2) is 8.98. The van der Waals surface area contributed by atoms with Gasteiger partial charge in [0.25, 0.3) is 0 Å². The summed E-state index contributed by atoms with van der Waals surface area (Å²) in [4.78, 5) is 27.2. The highest BCUT2D eigenvalue weighted by Crippen LogP contribution is 2.28. The molecule has 9 nitrogen and oxygen atoms in total. The van der Waals surface area contributed by atoms with E-state index < -0.39 is 0 Å². The van der Waals surface area contributed by atoms with E-state index in [9.17, 15) is 4.79 Å². The molecule has 0 radical (unpaired) electrons. The van der Waals surface area contributed by atoms with E-state index in [1.54, 1.807) is 33.7 Å². The molecule has 2 saturated heterocycles. The molecule has 1 aromatic carbocycles. The Kier molecular flexibility index (Phi) is 5.68. The second-order valence-electron chi connectivity index (χ2n) is 8.77. The number of nitrogens with zero attached hydrogens (tertiary/aromatic N) is 5. The zero-order valence-electron chi connectivity index (χ0n) is 18.5. The Balaban J connectivity index is 1.41. The Hall–Kier alpha value is -3.01.